The predicted molar refractivity (Wildman–Crippen MR) is 85.6 cm³/mol. The number of amides is 1. The molecule has 0 bridgehead atoms. The van der Waals surface area contributed by atoms with E-state index in [1.54, 1.807) is 7.05 Å². The van der Waals surface area contributed by atoms with Gasteiger partial charge in [0.05, 0.1) is 17.4 Å². The molecule has 1 aromatic heterocycles. The summed E-state index contributed by atoms with van der Waals surface area (Å²) >= 11 is 6.68. The second kappa shape index (κ2) is 6.95. The zero-order chi connectivity index (χ0) is 14.5. The Morgan fingerprint density at radius 3 is 2.50 bits per heavy atom. The minimum atomic E-state index is 0.0102. The lowest BCUT2D eigenvalue weighted by molar-refractivity contribution is -0.119. The van der Waals surface area contributed by atoms with E-state index in [0.29, 0.717) is 17.6 Å². The number of hydrogen-bond acceptors (Lipinski definition) is 3. The number of hydrogen-bond donors (Lipinski definition) is 2. The van der Waals surface area contributed by atoms with Gasteiger partial charge in [0.15, 0.2) is 4.67 Å². The molecule has 0 unspecified atom stereocenters. The Hall–Kier alpha value is -1.27. The molecule has 4 nitrogen and oxygen atoms in total. The van der Waals surface area contributed by atoms with Crippen molar-refractivity contribution in [2.75, 3.05) is 12.4 Å². The summed E-state index contributed by atoms with van der Waals surface area (Å²) in [4.78, 5) is 11.3. The van der Waals surface area contributed by atoms with Crippen molar-refractivity contribution < 1.29 is 9.21 Å². The zero-order valence-corrected chi connectivity index (χ0v) is 14.0. The van der Waals surface area contributed by atoms with E-state index in [-0.39, 0.29) is 5.91 Å². The average molecular weight is 402 g/mol. The predicted octanol–water partition coefficient (Wildman–Crippen LogP) is 3.71. The second-order valence-corrected chi connectivity index (χ2v) is 5.81. The summed E-state index contributed by atoms with van der Waals surface area (Å²) in [6.07, 6.45) is 0.398. The van der Waals surface area contributed by atoms with E-state index < -0.39 is 0 Å². The van der Waals surface area contributed by atoms with Crippen LogP contribution in [-0.2, 0) is 17.8 Å². The van der Waals surface area contributed by atoms with Crippen molar-refractivity contribution in [2.45, 2.75) is 13.0 Å². The fourth-order valence-electron chi connectivity index (χ4n) is 1.68. The second-order valence-electron chi connectivity index (χ2n) is 4.23. The highest BCUT2D eigenvalue weighted by atomic mass is 79.9. The SMILES string of the molecule is CNC(=O)Cc1ccc(NCc2cc(Br)c(Br)o2)cc1. The van der Waals surface area contributed by atoms with E-state index in [1.807, 2.05) is 30.3 Å². The monoisotopic (exact) mass is 400 g/mol. The Labute approximate surface area is 134 Å². The molecule has 20 heavy (non-hydrogen) atoms. The van der Waals surface area contributed by atoms with Crippen LogP contribution in [0.5, 0.6) is 0 Å². The first-order valence-electron chi connectivity index (χ1n) is 6.05. The van der Waals surface area contributed by atoms with Gasteiger partial charge in [-0.1, -0.05) is 12.1 Å². The smallest absolute Gasteiger partial charge is 0.224 e. The molecule has 0 fully saturated rings. The molecule has 0 aliphatic carbocycles. The molecule has 0 radical (unpaired) electrons. The maximum absolute atomic E-state index is 11.3. The number of benzene rings is 1. The van der Waals surface area contributed by atoms with Crippen LogP contribution in [-0.4, -0.2) is 13.0 Å². The van der Waals surface area contributed by atoms with Gasteiger partial charge in [-0.3, -0.25) is 4.79 Å². The lowest BCUT2D eigenvalue weighted by Crippen LogP contribution is -2.19. The summed E-state index contributed by atoms with van der Waals surface area (Å²) in [7, 11) is 1.64. The van der Waals surface area contributed by atoms with Crippen molar-refractivity contribution in [3.63, 3.8) is 0 Å². The highest BCUT2D eigenvalue weighted by Gasteiger charge is 2.06. The van der Waals surface area contributed by atoms with Gasteiger partial charge < -0.3 is 15.1 Å². The molecular formula is C14H14Br2N2O2. The van der Waals surface area contributed by atoms with Crippen molar-refractivity contribution in [2.24, 2.45) is 0 Å². The first kappa shape index (κ1) is 15.1. The van der Waals surface area contributed by atoms with Crippen LogP contribution in [0.2, 0.25) is 0 Å². The first-order chi connectivity index (χ1) is 9.58. The Kier molecular flexibility index (Phi) is 5.25. The zero-order valence-electron chi connectivity index (χ0n) is 10.9. The number of nitrogens with one attached hydrogen (secondary N) is 2. The van der Waals surface area contributed by atoms with Crippen LogP contribution < -0.4 is 10.6 Å². The van der Waals surface area contributed by atoms with Crippen molar-refractivity contribution in [3.8, 4) is 0 Å². The lowest BCUT2D eigenvalue weighted by Gasteiger charge is -2.06. The highest BCUT2D eigenvalue weighted by molar-refractivity contribution is 9.13. The minimum Gasteiger partial charge on any atom is -0.451 e. The molecule has 0 saturated carbocycles. The van der Waals surface area contributed by atoms with Crippen LogP contribution in [0.4, 0.5) is 5.69 Å². The fraction of sp³-hybridized carbons (Fsp3) is 0.214. The van der Waals surface area contributed by atoms with Gasteiger partial charge in [-0.2, -0.15) is 0 Å². The summed E-state index contributed by atoms with van der Waals surface area (Å²) in [5, 5.41) is 5.87. The number of carbonyl (C=O) groups excluding carboxylic acids is 1. The van der Waals surface area contributed by atoms with Gasteiger partial charge in [0.25, 0.3) is 0 Å². The molecule has 0 aliphatic heterocycles. The third-order valence-electron chi connectivity index (χ3n) is 2.76. The molecule has 6 heteroatoms. The molecule has 2 aromatic rings. The molecular weight excluding hydrogens is 388 g/mol. The average Bonchev–Trinajstić information content (AvgIpc) is 2.77. The van der Waals surface area contributed by atoms with Crippen molar-refractivity contribution >= 4 is 43.5 Å². The third-order valence-corrected chi connectivity index (χ3v) is 4.47. The van der Waals surface area contributed by atoms with E-state index in [9.17, 15) is 4.79 Å². The van der Waals surface area contributed by atoms with Gasteiger partial charge in [0, 0.05) is 12.7 Å². The summed E-state index contributed by atoms with van der Waals surface area (Å²) < 4.78 is 7.07. The van der Waals surface area contributed by atoms with Crippen LogP contribution in [0.1, 0.15) is 11.3 Å². The Morgan fingerprint density at radius 1 is 1.25 bits per heavy atom. The molecule has 0 aliphatic rings. The highest BCUT2D eigenvalue weighted by Crippen LogP contribution is 2.27. The molecule has 106 valence electrons. The van der Waals surface area contributed by atoms with Gasteiger partial charge in [0.2, 0.25) is 5.91 Å². The lowest BCUT2D eigenvalue weighted by atomic mass is 10.1. The molecule has 0 saturated heterocycles. The van der Waals surface area contributed by atoms with Crippen molar-refractivity contribution in [1.82, 2.24) is 5.32 Å². The standard InChI is InChI=1S/C14H14Br2N2O2/c1-17-13(19)6-9-2-4-10(5-3-9)18-8-11-7-12(15)14(16)20-11/h2-5,7,18H,6,8H2,1H3,(H,17,19). The minimum absolute atomic E-state index is 0.0102. The number of rotatable bonds is 5. The van der Waals surface area contributed by atoms with Gasteiger partial charge in [-0.05, 0) is 55.6 Å². The number of anilines is 1. The number of furan rings is 1. The topological polar surface area (TPSA) is 54.3 Å². The van der Waals surface area contributed by atoms with Crippen LogP contribution in [0, 0.1) is 0 Å². The Balaban J connectivity index is 1.92. The van der Waals surface area contributed by atoms with Crippen molar-refractivity contribution in [1.29, 1.82) is 0 Å². The van der Waals surface area contributed by atoms with Gasteiger partial charge in [-0.25, -0.2) is 0 Å². The van der Waals surface area contributed by atoms with E-state index in [1.165, 1.54) is 0 Å². The van der Waals surface area contributed by atoms with Gasteiger partial charge in [0.1, 0.15) is 5.76 Å². The van der Waals surface area contributed by atoms with E-state index in [0.717, 1.165) is 21.5 Å². The number of carbonyl (C=O) groups is 1. The van der Waals surface area contributed by atoms with Crippen LogP contribution in [0.3, 0.4) is 0 Å². The molecule has 1 heterocycles. The Morgan fingerprint density at radius 2 is 1.95 bits per heavy atom. The first-order valence-corrected chi connectivity index (χ1v) is 7.64. The normalized spacial score (nSPS) is 10.3. The number of halogens is 2. The maximum atomic E-state index is 11.3. The summed E-state index contributed by atoms with van der Waals surface area (Å²) in [6.45, 7) is 0.596. The van der Waals surface area contributed by atoms with Gasteiger partial charge in [-0.15, -0.1) is 0 Å². The molecule has 2 N–H and O–H groups in total. The van der Waals surface area contributed by atoms with E-state index in [2.05, 4.69) is 42.5 Å². The summed E-state index contributed by atoms with van der Waals surface area (Å²) in [5.41, 5.74) is 1.97. The molecule has 1 aromatic carbocycles. The van der Waals surface area contributed by atoms with E-state index >= 15 is 0 Å². The largest absolute Gasteiger partial charge is 0.451 e. The van der Waals surface area contributed by atoms with Crippen molar-refractivity contribution in [3.05, 3.63) is 50.8 Å². The molecule has 0 spiro atoms. The third kappa shape index (κ3) is 4.11. The van der Waals surface area contributed by atoms with Crippen LogP contribution in [0.25, 0.3) is 0 Å². The van der Waals surface area contributed by atoms with Gasteiger partial charge >= 0.3 is 0 Å². The molecule has 0 atom stereocenters. The maximum Gasteiger partial charge on any atom is 0.224 e. The quantitative estimate of drug-likeness (QED) is 0.802. The van der Waals surface area contributed by atoms with E-state index in [4.69, 9.17) is 4.42 Å². The summed E-state index contributed by atoms with van der Waals surface area (Å²) in [5.74, 6) is 0.842. The van der Waals surface area contributed by atoms with Crippen LogP contribution in [0.15, 0.2) is 43.9 Å². The molecule has 1 amide bonds. The summed E-state index contributed by atoms with van der Waals surface area (Å²) in [6, 6.07) is 9.69. The number of likely N-dealkylation sites (N-methyl/N-ethyl adjacent to an activating group) is 1. The molecule has 2 rings (SSSR count). The van der Waals surface area contributed by atoms with Crippen LogP contribution >= 0.6 is 31.9 Å². The Bertz CT molecular complexity index is 574. The fourth-order valence-corrected chi connectivity index (χ4v) is 2.34.